The van der Waals surface area contributed by atoms with E-state index >= 15 is 0 Å². The normalized spacial score (nSPS) is 17.9. The summed E-state index contributed by atoms with van der Waals surface area (Å²) in [7, 11) is -2.11. The number of carbonyl (C=O) groups excluding carboxylic acids is 1. The number of aryl methyl sites for hydroxylation is 1. The first kappa shape index (κ1) is 23.5. The summed E-state index contributed by atoms with van der Waals surface area (Å²) < 4.78 is 39.2. The summed E-state index contributed by atoms with van der Waals surface area (Å²) in [6.45, 7) is 2.77. The molecule has 0 unspecified atom stereocenters. The van der Waals surface area contributed by atoms with Gasteiger partial charge < -0.3 is 9.47 Å². The molecule has 4 rings (SSSR count). The zero-order chi connectivity index (χ0) is 22.7. The van der Waals surface area contributed by atoms with E-state index < -0.39 is 16.0 Å². The number of esters is 1. The topological polar surface area (TPSA) is 72.9 Å². The number of thioether (sulfide) groups is 2. The zero-order valence-corrected chi connectivity index (χ0v) is 20.7. The molecule has 2 aliphatic heterocycles. The van der Waals surface area contributed by atoms with Crippen LogP contribution in [0.25, 0.3) is 0 Å². The molecule has 2 aliphatic rings. The molecule has 172 valence electrons. The number of ether oxygens (including phenoxy) is 2. The molecule has 2 heterocycles. The Morgan fingerprint density at radius 3 is 2.41 bits per heavy atom. The summed E-state index contributed by atoms with van der Waals surface area (Å²) in [5.74, 6) is 2.41. The van der Waals surface area contributed by atoms with E-state index in [1.807, 2.05) is 35.7 Å². The summed E-state index contributed by atoms with van der Waals surface area (Å²) >= 11 is 3.77. The van der Waals surface area contributed by atoms with Gasteiger partial charge >= 0.3 is 5.97 Å². The number of benzene rings is 2. The smallest absolute Gasteiger partial charge is 0.343 e. The summed E-state index contributed by atoms with van der Waals surface area (Å²) in [4.78, 5) is 13.1. The lowest BCUT2D eigenvalue weighted by Gasteiger charge is -2.26. The second-order valence-corrected chi connectivity index (χ2v) is 12.4. The largest absolute Gasteiger partial charge is 0.493 e. The molecule has 0 N–H and O–H groups in total. The van der Waals surface area contributed by atoms with Gasteiger partial charge in [0.2, 0.25) is 10.0 Å². The van der Waals surface area contributed by atoms with Crippen LogP contribution < -0.4 is 9.47 Å². The van der Waals surface area contributed by atoms with Crippen molar-refractivity contribution in [1.29, 1.82) is 0 Å². The Hall–Kier alpha value is -1.68. The number of piperidine rings is 1. The summed E-state index contributed by atoms with van der Waals surface area (Å²) in [5, 5.41) is 0. The lowest BCUT2D eigenvalue weighted by Crippen LogP contribution is -2.36. The van der Waals surface area contributed by atoms with E-state index in [1.165, 1.54) is 10.4 Å². The Labute approximate surface area is 198 Å². The minimum absolute atomic E-state index is 0.159. The monoisotopic (exact) mass is 493 g/mol. The summed E-state index contributed by atoms with van der Waals surface area (Å²) in [6, 6.07) is 10.3. The highest BCUT2D eigenvalue weighted by Crippen LogP contribution is 2.47. The second-order valence-electron chi connectivity index (χ2n) is 7.82. The molecule has 0 radical (unpaired) electrons. The molecule has 0 amide bonds. The van der Waals surface area contributed by atoms with Gasteiger partial charge in [0, 0.05) is 24.6 Å². The van der Waals surface area contributed by atoms with Gasteiger partial charge in [-0.3, -0.25) is 0 Å². The second kappa shape index (κ2) is 10.1. The fraction of sp³-hybridized carbons (Fsp3) is 0.435. The van der Waals surface area contributed by atoms with E-state index in [9.17, 15) is 13.2 Å². The Bertz CT molecular complexity index is 1090. The van der Waals surface area contributed by atoms with Gasteiger partial charge in [0.25, 0.3) is 0 Å². The molecule has 6 nitrogen and oxygen atoms in total. The Morgan fingerprint density at radius 2 is 1.72 bits per heavy atom. The van der Waals surface area contributed by atoms with E-state index in [4.69, 9.17) is 9.47 Å². The van der Waals surface area contributed by atoms with Crippen molar-refractivity contribution in [3.8, 4) is 11.5 Å². The van der Waals surface area contributed by atoms with Gasteiger partial charge in [0.15, 0.2) is 11.5 Å². The highest BCUT2D eigenvalue weighted by molar-refractivity contribution is 8.19. The van der Waals surface area contributed by atoms with Crippen LogP contribution in [-0.2, 0) is 10.0 Å². The van der Waals surface area contributed by atoms with Crippen LogP contribution in [-0.4, -0.2) is 50.4 Å². The van der Waals surface area contributed by atoms with E-state index in [-0.39, 0.29) is 10.5 Å². The maximum atomic E-state index is 13.2. The van der Waals surface area contributed by atoms with Crippen LogP contribution in [0.5, 0.6) is 11.5 Å². The average Bonchev–Trinajstić information content (AvgIpc) is 3.35. The first-order valence-corrected chi connectivity index (χ1v) is 14.2. The number of methoxy groups -OCH3 is 1. The Kier molecular flexibility index (Phi) is 7.39. The standard InChI is InChI=1S/C23H27NO5S3/c1-16-6-7-17(15-21(16)32(26,27)24-10-4-3-5-11-24)22(25)29-19-9-8-18(14-20(19)28-2)23-30-12-13-31-23/h6-9,14-15,23H,3-5,10-13H2,1-2H3. The first-order chi connectivity index (χ1) is 15.4. The van der Waals surface area contributed by atoms with Gasteiger partial charge in [0.05, 0.1) is 22.2 Å². The van der Waals surface area contributed by atoms with Crippen molar-refractivity contribution < 1.29 is 22.7 Å². The van der Waals surface area contributed by atoms with Crippen LogP contribution >= 0.6 is 23.5 Å². The number of hydrogen-bond donors (Lipinski definition) is 0. The Balaban J connectivity index is 1.57. The fourth-order valence-electron chi connectivity index (χ4n) is 3.87. The zero-order valence-electron chi connectivity index (χ0n) is 18.2. The van der Waals surface area contributed by atoms with Crippen LogP contribution in [0.1, 0.15) is 45.3 Å². The number of rotatable bonds is 6. The molecule has 0 aliphatic carbocycles. The minimum Gasteiger partial charge on any atom is -0.493 e. The Morgan fingerprint density at radius 1 is 1.00 bits per heavy atom. The van der Waals surface area contributed by atoms with Gasteiger partial charge in [-0.2, -0.15) is 4.31 Å². The highest BCUT2D eigenvalue weighted by Gasteiger charge is 2.28. The molecule has 2 fully saturated rings. The third-order valence-electron chi connectivity index (χ3n) is 5.64. The van der Waals surface area contributed by atoms with Crippen LogP contribution in [0, 0.1) is 6.92 Å². The maximum Gasteiger partial charge on any atom is 0.343 e. The van der Waals surface area contributed by atoms with E-state index in [1.54, 1.807) is 32.2 Å². The number of nitrogens with zero attached hydrogens (tertiary/aromatic N) is 1. The van der Waals surface area contributed by atoms with Crippen LogP contribution in [0.2, 0.25) is 0 Å². The SMILES string of the molecule is COc1cc(C2SCCS2)ccc1OC(=O)c1ccc(C)c(S(=O)(=O)N2CCCCC2)c1. The molecule has 2 saturated heterocycles. The van der Waals surface area contributed by atoms with Crippen LogP contribution in [0.3, 0.4) is 0 Å². The predicted molar refractivity (Wildman–Crippen MR) is 129 cm³/mol. The minimum atomic E-state index is -3.65. The van der Waals surface area contributed by atoms with Gasteiger partial charge in [-0.15, -0.1) is 23.5 Å². The molecule has 0 bridgehead atoms. The number of hydrogen-bond acceptors (Lipinski definition) is 7. The first-order valence-electron chi connectivity index (χ1n) is 10.6. The molecule has 0 spiro atoms. The molecule has 0 atom stereocenters. The molecule has 2 aromatic rings. The van der Waals surface area contributed by atoms with Crippen molar-refractivity contribution in [1.82, 2.24) is 4.31 Å². The molecule has 32 heavy (non-hydrogen) atoms. The lowest BCUT2D eigenvalue weighted by atomic mass is 10.1. The predicted octanol–water partition coefficient (Wildman–Crippen LogP) is 4.88. The van der Waals surface area contributed by atoms with E-state index in [0.717, 1.165) is 36.3 Å². The lowest BCUT2D eigenvalue weighted by molar-refractivity contribution is 0.0729. The third-order valence-corrected chi connectivity index (χ3v) is 10.8. The van der Waals surface area contributed by atoms with Crippen molar-refractivity contribution in [2.75, 3.05) is 31.7 Å². The van der Waals surface area contributed by atoms with Crippen LogP contribution in [0.15, 0.2) is 41.3 Å². The molecular weight excluding hydrogens is 466 g/mol. The molecule has 0 aromatic heterocycles. The van der Waals surface area contributed by atoms with E-state index in [0.29, 0.717) is 34.7 Å². The van der Waals surface area contributed by atoms with Gasteiger partial charge in [0.1, 0.15) is 0 Å². The number of carbonyl (C=O) groups is 1. The molecule has 0 saturated carbocycles. The number of sulfonamides is 1. The maximum absolute atomic E-state index is 13.2. The third kappa shape index (κ3) is 4.95. The molecule has 2 aromatic carbocycles. The molecular formula is C23H27NO5S3. The van der Waals surface area contributed by atoms with E-state index in [2.05, 4.69) is 0 Å². The fourth-order valence-corrected chi connectivity index (χ4v) is 8.48. The highest BCUT2D eigenvalue weighted by atomic mass is 32.2. The van der Waals surface area contributed by atoms with Crippen molar-refractivity contribution >= 4 is 39.5 Å². The quantitative estimate of drug-likeness (QED) is 0.420. The molecule has 9 heteroatoms. The van der Waals surface area contributed by atoms with Gasteiger partial charge in [-0.1, -0.05) is 18.6 Å². The van der Waals surface area contributed by atoms with Crippen molar-refractivity contribution in [2.24, 2.45) is 0 Å². The van der Waals surface area contributed by atoms with Crippen molar-refractivity contribution in [2.45, 2.75) is 35.7 Å². The van der Waals surface area contributed by atoms with Crippen molar-refractivity contribution in [3.63, 3.8) is 0 Å². The van der Waals surface area contributed by atoms with Crippen molar-refractivity contribution in [3.05, 3.63) is 53.1 Å². The van der Waals surface area contributed by atoms with Crippen LogP contribution in [0.4, 0.5) is 0 Å². The van der Waals surface area contributed by atoms with Gasteiger partial charge in [-0.05, 0) is 55.2 Å². The average molecular weight is 494 g/mol. The summed E-state index contributed by atoms with van der Waals surface area (Å²) in [6.07, 6.45) is 2.75. The van der Waals surface area contributed by atoms with Gasteiger partial charge in [-0.25, -0.2) is 13.2 Å². The summed E-state index contributed by atoms with van der Waals surface area (Å²) in [5.41, 5.74) is 1.93.